The van der Waals surface area contributed by atoms with Gasteiger partial charge in [0, 0.05) is 12.6 Å². The highest BCUT2D eigenvalue weighted by atomic mass is 15.0. The smallest absolute Gasteiger partial charge is 0.0384 e. The molecule has 1 unspecified atom stereocenters. The zero-order valence-electron chi connectivity index (χ0n) is 8.59. The van der Waals surface area contributed by atoms with Crippen molar-refractivity contribution in [1.82, 2.24) is 5.32 Å². The highest BCUT2D eigenvalue weighted by Gasteiger charge is 2.38. The standard InChI is InChI=1S/C12H17N/c1-9-5-4-6-10(7-9)11-12(2,3)8-13-11/h4-7,11,13H,8H2,1-3H3. The van der Waals surface area contributed by atoms with Crippen LogP contribution in [0.3, 0.4) is 0 Å². The molecular formula is C12H17N. The van der Waals surface area contributed by atoms with Crippen LogP contribution < -0.4 is 5.32 Å². The first-order chi connectivity index (χ1) is 6.09. The van der Waals surface area contributed by atoms with E-state index in [0.29, 0.717) is 11.5 Å². The Morgan fingerprint density at radius 1 is 1.38 bits per heavy atom. The first-order valence-electron chi connectivity index (χ1n) is 4.89. The normalized spacial score (nSPS) is 25.3. The second kappa shape index (κ2) is 2.85. The van der Waals surface area contributed by atoms with E-state index in [1.807, 2.05) is 0 Å². The molecule has 1 saturated heterocycles. The highest BCUT2D eigenvalue weighted by Crippen LogP contribution is 2.40. The van der Waals surface area contributed by atoms with Crippen LogP contribution in [0.1, 0.15) is 31.0 Å². The molecule has 1 aliphatic rings. The lowest BCUT2D eigenvalue weighted by Crippen LogP contribution is -2.52. The maximum atomic E-state index is 3.48. The molecule has 13 heavy (non-hydrogen) atoms. The number of hydrogen-bond acceptors (Lipinski definition) is 1. The summed E-state index contributed by atoms with van der Waals surface area (Å²) >= 11 is 0. The molecular weight excluding hydrogens is 158 g/mol. The van der Waals surface area contributed by atoms with E-state index < -0.39 is 0 Å². The molecule has 1 aliphatic heterocycles. The molecule has 0 bridgehead atoms. The Labute approximate surface area is 80.2 Å². The predicted molar refractivity (Wildman–Crippen MR) is 55.7 cm³/mol. The van der Waals surface area contributed by atoms with Gasteiger partial charge in [-0.2, -0.15) is 0 Å². The molecule has 1 heteroatoms. The van der Waals surface area contributed by atoms with Crippen LogP contribution in [0.5, 0.6) is 0 Å². The SMILES string of the molecule is Cc1cccc(C2NCC2(C)C)c1. The molecule has 0 aliphatic carbocycles. The third-order valence-corrected chi connectivity index (χ3v) is 2.92. The van der Waals surface area contributed by atoms with Gasteiger partial charge < -0.3 is 5.32 Å². The summed E-state index contributed by atoms with van der Waals surface area (Å²) in [6.45, 7) is 7.91. The van der Waals surface area contributed by atoms with Crippen LogP contribution in [0.15, 0.2) is 24.3 Å². The van der Waals surface area contributed by atoms with Gasteiger partial charge in [-0.05, 0) is 17.9 Å². The summed E-state index contributed by atoms with van der Waals surface area (Å²) in [6, 6.07) is 9.33. The number of nitrogens with one attached hydrogen (secondary N) is 1. The van der Waals surface area contributed by atoms with Crippen molar-refractivity contribution in [2.45, 2.75) is 26.8 Å². The van der Waals surface area contributed by atoms with Crippen molar-refractivity contribution in [2.24, 2.45) is 5.41 Å². The second-order valence-corrected chi connectivity index (χ2v) is 4.72. The maximum Gasteiger partial charge on any atom is 0.0384 e. The molecule has 1 aromatic carbocycles. The van der Waals surface area contributed by atoms with Crippen LogP contribution in [0.25, 0.3) is 0 Å². The monoisotopic (exact) mass is 175 g/mol. The summed E-state index contributed by atoms with van der Waals surface area (Å²) in [5.74, 6) is 0. The third-order valence-electron chi connectivity index (χ3n) is 2.92. The first kappa shape index (κ1) is 8.76. The number of hydrogen-bond donors (Lipinski definition) is 1. The van der Waals surface area contributed by atoms with E-state index in [4.69, 9.17) is 0 Å². The fourth-order valence-corrected chi connectivity index (χ4v) is 2.03. The Hall–Kier alpha value is -0.820. The third kappa shape index (κ3) is 1.49. The molecule has 2 rings (SSSR count). The Morgan fingerprint density at radius 3 is 2.62 bits per heavy atom. The lowest BCUT2D eigenvalue weighted by molar-refractivity contribution is 0.128. The molecule has 0 saturated carbocycles. The average Bonchev–Trinajstić information content (AvgIpc) is 2.02. The van der Waals surface area contributed by atoms with Crippen LogP contribution in [0, 0.1) is 12.3 Å². The van der Waals surface area contributed by atoms with Gasteiger partial charge in [0.25, 0.3) is 0 Å². The van der Waals surface area contributed by atoms with E-state index >= 15 is 0 Å². The van der Waals surface area contributed by atoms with Crippen molar-refractivity contribution < 1.29 is 0 Å². The molecule has 0 radical (unpaired) electrons. The fraction of sp³-hybridized carbons (Fsp3) is 0.500. The van der Waals surface area contributed by atoms with Gasteiger partial charge in [0.05, 0.1) is 0 Å². The zero-order valence-corrected chi connectivity index (χ0v) is 8.59. The van der Waals surface area contributed by atoms with Gasteiger partial charge >= 0.3 is 0 Å². The van der Waals surface area contributed by atoms with Gasteiger partial charge in [0.2, 0.25) is 0 Å². The number of benzene rings is 1. The van der Waals surface area contributed by atoms with Crippen molar-refractivity contribution in [1.29, 1.82) is 0 Å². The molecule has 0 spiro atoms. The minimum Gasteiger partial charge on any atom is -0.309 e. The lowest BCUT2D eigenvalue weighted by atomic mass is 9.74. The van der Waals surface area contributed by atoms with Crippen molar-refractivity contribution >= 4 is 0 Å². The van der Waals surface area contributed by atoms with E-state index in [0.717, 1.165) is 6.54 Å². The van der Waals surface area contributed by atoms with Crippen molar-refractivity contribution in [3.63, 3.8) is 0 Å². The molecule has 70 valence electrons. The van der Waals surface area contributed by atoms with Crippen LogP contribution in [0.4, 0.5) is 0 Å². The molecule has 1 N–H and O–H groups in total. The van der Waals surface area contributed by atoms with Crippen molar-refractivity contribution in [2.75, 3.05) is 6.54 Å². The van der Waals surface area contributed by atoms with Crippen molar-refractivity contribution in [3.8, 4) is 0 Å². The minimum absolute atomic E-state index is 0.424. The Bertz CT molecular complexity index is 315. The molecule has 1 fully saturated rings. The maximum absolute atomic E-state index is 3.48. The Balaban J connectivity index is 2.26. The minimum atomic E-state index is 0.424. The quantitative estimate of drug-likeness (QED) is 0.692. The second-order valence-electron chi connectivity index (χ2n) is 4.72. The fourth-order valence-electron chi connectivity index (χ4n) is 2.03. The van der Waals surface area contributed by atoms with Crippen LogP contribution in [-0.2, 0) is 0 Å². The number of rotatable bonds is 1. The Morgan fingerprint density at radius 2 is 2.15 bits per heavy atom. The summed E-state index contributed by atoms with van der Waals surface area (Å²) in [4.78, 5) is 0. The van der Waals surface area contributed by atoms with Gasteiger partial charge in [-0.15, -0.1) is 0 Å². The summed E-state index contributed by atoms with van der Waals surface area (Å²) in [5.41, 5.74) is 3.20. The largest absolute Gasteiger partial charge is 0.309 e. The van der Waals surface area contributed by atoms with Crippen LogP contribution >= 0.6 is 0 Å². The van der Waals surface area contributed by atoms with Gasteiger partial charge in [-0.3, -0.25) is 0 Å². The van der Waals surface area contributed by atoms with E-state index in [9.17, 15) is 0 Å². The molecule has 0 amide bonds. The first-order valence-corrected chi connectivity index (χ1v) is 4.89. The van der Waals surface area contributed by atoms with E-state index in [1.54, 1.807) is 0 Å². The summed E-state index contributed by atoms with van der Waals surface area (Å²) < 4.78 is 0. The topological polar surface area (TPSA) is 12.0 Å². The zero-order chi connectivity index (χ0) is 9.47. The van der Waals surface area contributed by atoms with E-state index in [1.165, 1.54) is 11.1 Å². The van der Waals surface area contributed by atoms with E-state index in [-0.39, 0.29) is 0 Å². The molecule has 0 aromatic heterocycles. The molecule has 1 heterocycles. The van der Waals surface area contributed by atoms with Gasteiger partial charge in [0.1, 0.15) is 0 Å². The molecule has 1 nitrogen and oxygen atoms in total. The summed E-state index contributed by atoms with van der Waals surface area (Å²) in [7, 11) is 0. The van der Waals surface area contributed by atoms with Crippen LogP contribution in [-0.4, -0.2) is 6.54 Å². The van der Waals surface area contributed by atoms with Gasteiger partial charge in [-0.25, -0.2) is 0 Å². The molecule has 1 atom stereocenters. The average molecular weight is 175 g/mol. The molecule has 1 aromatic rings. The van der Waals surface area contributed by atoms with Crippen molar-refractivity contribution in [3.05, 3.63) is 35.4 Å². The summed E-state index contributed by atoms with van der Waals surface area (Å²) in [6.07, 6.45) is 0. The van der Waals surface area contributed by atoms with Crippen LogP contribution in [0.2, 0.25) is 0 Å². The highest BCUT2D eigenvalue weighted by molar-refractivity contribution is 5.28. The lowest BCUT2D eigenvalue weighted by Gasteiger charge is -2.46. The van der Waals surface area contributed by atoms with E-state index in [2.05, 4.69) is 50.4 Å². The van der Waals surface area contributed by atoms with Gasteiger partial charge in [0.15, 0.2) is 0 Å². The summed E-state index contributed by atoms with van der Waals surface area (Å²) in [5, 5.41) is 3.48. The predicted octanol–water partition coefficient (Wildman–Crippen LogP) is 2.67. The number of aryl methyl sites for hydroxylation is 1. The Kier molecular flexibility index (Phi) is 1.92. The van der Waals surface area contributed by atoms with Gasteiger partial charge in [-0.1, -0.05) is 43.7 Å².